The Hall–Kier alpha value is -1.32. The van der Waals surface area contributed by atoms with Crippen LogP contribution in [0.25, 0.3) is 0 Å². The number of hydrogen-bond donors (Lipinski definition) is 3. The van der Waals surface area contributed by atoms with Gasteiger partial charge in [-0.2, -0.15) is 0 Å². The third-order valence-corrected chi connectivity index (χ3v) is 2.68. The van der Waals surface area contributed by atoms with Gasteiger partial charge in [-0.15, -0.1) is 0 Å². The normalized spacial score (nSPS) is 9.17. The Bertz CT molecular complexity index is 227. The predicted molar refractivity (Wildman–Crippen MR) is 78.5 cm³/mol. The molecule has 0 unspecified atom stereocenters. The average molecular weight is 255 g/mol. The van der Waals surface area contributed by atoms with E-state index in [0.717, 1.165) is 19.2 Å². The Labute approximate surface area is 111 Å². The van der Waals surface area contributed by atoms with Crippen LogP contribution in [0.2, 0.25) is 0 Å². The molecule has 106 valence electrons. The SMILES string of the molecule is C=C(CCCCCCCCCC)C(N)=O.N=CN. The Morgan fingerprint density at radius 2 is 1.50 bits per heavy atom. The third kappa shape index (κ3) is 17.1. The number of nitrogens with one attached hydrogen (secondary N) is 1. The smallest absolute Gasteiger partial charge is 0.244 e. The second-order valence-electron chi connectivity index (χ2n) is 4.36. The van der Waals surface area contributed by atoms with Gasteiger partial charge in [0.1, 0.15) is 0 Å². The number of carbonyl (C=O) groups is 1. The summed E-state index contributed by atoms with van der Waals surface area (Å²) < 4.78 is 0. The van der Waals surface area contributed by atoms with Gasteiger partial charge in [-0.05, 0) is 12.8 Å². The molecule has 4 nitrogen and oxygen atoms in total. The second-order valence-corrected chi connectivity index (χ2v) is 4.36. The number of rotatable bonds is 10. The highest BCUT2D eigenvalue weighted by atomic mass is 16.1. The predicted octanol–water partition coefficient (Wildman–Crippen LogP) is 3.11. The number of amides is 1. The zero-order valence-corrected chi connectivity index (χ0v) is 11.7. The lowest BCUT2D eigenvalue weighted by Crippen LogP contribution is -2.12. The van der Waals surface area contributed by atoms with Gasteiger partial charge < -0.3 is 11.5 Å². The topological polar surface area (TPSA) is 93.0 Å². The lowest BCUT2D eigenvalue weighted by Gasteiger charge is -2.02. The first kappa shape index (κ1) is 19.0. The molecule has 18 heavy (non-hydrogen) atoms. The van der Waals surface area contributed by atoms with Crippen LogP contribution in [0.5, 0.6) is 0 Å². The quantitative estimate of drug-likeness (QED) is 0.242. The van der Waals surface area contributed by atoms with Gasteiger partial charge in [-0.3, -0.25) is 10.2 Å². The molecule has 0 aliphatic carbocycles. The summed E-state index contributed by atoms with van der Waals surface area (Å²) >= 11 is 0. The number of carbonyl (C=O) groups excluding carboxylic acids is 1. The van der Waals surface area contributed by atoms with Gasteiger partial charge in [-0.25, -0.2) is 0 Å². The van der Waals surface area contributed by atoms with Crippen molar-refractivity contribution in [1.82, 2.24) is 0 Å². The molecule has 0 aromatic carbocycles. The van der Waals surface area contributed by atoms with E-state index in [0.29, 0.717) is 5.57 Å². The van der Waals surface area contributed by atoms with Crippen molar-refractivity contribution in [2.75, 3.05) is 0 Å². The minimum absolute atomic E-state index is 0.349. The molecule has 5 N–H and O–H groups in total. The van der Waals surface area contributed by atoms with E-state index in [9.17, 15) is 4.79 Å². The van der Waals surface area contributed by atoms with Crippen molar-refractivity contribution in [2.24, 2.45) is 11.5 Å². The van der Waals surface area contributed by atoms with Gasteiger partial charge in [0.2, 0.25) is 5.91 Å². The zero-order valence-electron chi connectivity index (χ0n) is 11.7. The maximum absolute atomic E-state index is 10.7. The summed E-state index contributed by atoms with van der Waals surface area (Å²) in [5.41, 5.74) is 10.1. The summed E-state index contributed by atoms with van der Waals surface area (Å²) in [4.78, 5) is 10.7. The summed E-state index contributed by atoms with van der Waals surface area (Å²) in [7, 11) is 0. The zero-order chi connectivity index (χ0) is 14.2. The van der Waals surface area contributed by atoms with E-state index < -0.39 is 0 Å². The lowest BCUT2D eigenvalue weighted by molar-refractivity contribution is -0.114. The highest BCUT2D eigenvalue weighted by Crippen LogP contribution is 2.11. The van der Waals surface area contributed by atoms with Crippen LogP contribution >= 0.6 is 0 Å². The molecule has 0 aliphatic rings. The summed E-state index contributed by atoms with van der Waals surface area (Å²) in [6, 6.07) is 0. The Kier molecular flexibility index (Phi) is 16.6. The molecule has 0 aliphatic heterocycles. The molecule has 0 saturated carbocycles. The molecule has 0 aromatic rings. The van der Waals surface area contributed by atoms with Crippen molar-refractivity contribution >= 4 is 12.2 Å². The fourth-order valence-electron chi connectivity index (χ4n) is 1.60. The number of hydrogen-bond acceptors (Lipinski definition) is 2. The minimum atomic E-state index is -0.349. The van der Waals surface area contributed by atoms with Crippen molar-refractivity contribution in [1.29, 1.82) is 5.41 Å². The van der Waals surface area contributed by atoms with Gasteiger partial charge in [-0.1, -0.05) is 58.4 Å². The van der Waals surface area contributed by atoms with E-state index in [1.165, 1.54) is 44.9 Å². The molecule has 0 atom stereocenters. The molecule has 0 bridgehead atoms. The monoisotopic (exact) mass is 255 g/mol. The Morgan fingerprint density at radius 1 is 1.11 bits per heavy atom. The molecule has 0 heterocycles. The first-order valence-electron chi connectivity index (χ1n) is 6.78. The second kappa shape index (κ2) is 15.7. The van der Waals surface area contributed by atoms with Gasteiger partial charge >= 0.3 is 0 Å². The van der Waals surface area contributed by atoms with Crippen LogP contribution in [-0.2, 0) is 4.79 Å². The van der Waals surface area contributed by atoms with Crippen LogP contribution in [0.4, 0.5) is 0 Å². The molecule has 0 aromatic heterocycles. The molecule has 0 rings (SSSR count). The van der Waals surface area contributed by atoms with Crippen LogP contribution in [0.1, 0.15) is 64.7 Å². The molecule has 0 fully saturated rings. The van der Waals surface area contributed by atoms with E-state index in [4.69, 9.17) is 11.1 Å². The van der Waals surface area contributed by atoms with Crippen molar-refractivity contribution < 1.29 is 4.79 Å². The van der Waals surface area contributed by atoms with Crippen molar-refractivity contribution in [3.8, 4) is 0 Å². The largest absolute Gasteiger partial charge is 0.390 e. The molecular weight excluding hydrogens is 226 g/mol. The first-order valence-corrected chi connectivity index (χ1v) is 6.78. The standard InChI is InChI=1S/C13H25NO.CH4N2/c1-3-4-5-6-7-8-9-10-11-12(2)13(14)15;2-1-3/h2-11H2,1H3,(H2,14,15);1H,(H3,2,3). The summed E-state index contributed by atoms with van der Waals surface area (Å²) in [6.45, 7) is 5.87. The van der Waals surface area contributed by atoms with Gasteiger partial charge in [0.05, 0.1) is 6.34 Å². The Morgan fingerprint density at radius 3 is 1.89 bits per heavy atom. The summed E-state index contributed by atoms with van der Waals surface area (Å²) in [5, 5.41) is 5.86. The molecule has 4 heteroatoms. The fourth-order valence-corrected chi connectivity index (χ4v) is 1.60. The maximum atomic E-state index is 10.7. The van der Waals surface area contributed by atoms with Crippen LogP contribution in [0.15, 0.2) is 12.2 Å². The molecular formula is C14H29N3O. The summed E-state index contributed by atoms with van der Waals surface area (Å²) in [6.07, 6.45) is 11.7. The number of nitrogens with two attached hydrogens (primary N) is 2. The van der Waals surface area contributed by atoms with E-state index in [2.05, 4.69) is 19.2 Å². The fraction of sp³-hybridized carbons (Fsp3) is 0.714. The van der Waals surface area contributed by atoms with E-state index in [-0.39, 0.29) is 5.91 Å². The van der Waals surface area contributed by atoms with Crippen molar-refractivity contribution in [3.63, 3.8) is 0 Å². The number of unbranched alkanes of at least 4 members (excludes halogenated alkanes) is 7. The van der Waals surface area contributed by atoms with E-state index in [1.807, 2.05) is 0 Å². The van der Waals surface area contributed by atoms with Crippen LogP contribution in [0.3, 0.4) is 0 Å². The minimum Gasteiger partial charge on any atom is -0.390 e. The van der Waals surface area contributed by atoms with E-state index in [1.54, 1.807) is 0 Å². The Balaban J connectivity index is 0. The highest BCUT2D eigenvalue weighted by Gasteiger charge is 2.00. The molecule has 1 amide bonds. The summed E-state index contributed by atoms with van der Waals surface area (Å²) in [5.74, 6) is -0.349. The van der Waals surface area contributed by atoms with Crippen LogP contribution < -0.4 is 11.5 Å². The first-order chi connectivity index (χ1) is 8.59. The van der Waals surface area contributed by atoms with Crippen LogP contribution in [-0.4, -0.2) is 12.2 Å². The maximum Gasteiger partial charge on any atom is 0.244 e. The van der Waals surface area contributed by atoms with Gasteiger partial charge in [0, 0.05) is 5.57 Å². The van der Waals surface area contributed by atoms with Crippen molar-refractivity contribution in [3.05, 3.63) is 12.2 Å². The third-order valence-electron chi connectivity index (χ3n) is 2.68. The number of primary amides is 1. The van der Waals surface area contributed by atoms with E-state index >= 15 is 0 Å². The highest BCUT2D eigenvalue weighted by molar-refractivity contribution is 5.91. The molecule has 0 spiro atoms. The molecule has 0 radical (unpaired) electrons. The lowest BCUT2D eigenvalue weighted by atomic mass is 10.0. The van der Waals surface area contributed by atoms with Crippen molar-refractivity contribution in [2.45, 2.75) is 64.7 Å². The van der Waals surface area contributed by atoms with Gasteiger partial charge in [0.15, 0.2) is 0 Å². The average Bonchev–Trinajstić information content (AvgIpc) is 2.33. The van der Waals surface area contributed by atoms with Crippen LogP contribution in [0, 0.1) is 5.41 Å². The molecule has 0 saturated heterocycles. The van der Waals surface area contributed by atoms with Gasteiger partial charge in [0.25, 0.3) is 0 Å².